The number of aromatic nitrogens is 2. The zero-order valence-electron chi connectivity index (χ0n) is 8.60. The third kappa shape index (κ3) is 2.63. The van der Waals surface area contributed by atoms with Crippen molar-refractivity contribution in [2.45, 2.75) is 19.9 Å². The monoisotopic (exact) mass is 211 g/mol. The zero-order chi connectivity index (χ0) is 11.4. The molecule has 0 bridgehead atoms. The number of nitrogens with zero attached hydrogens (tertiary/aromatic N) is 2. The Kier molecular flexibility index (Phi) is 3.56. The van der Waals surface area contributed by atoms with E-state index in [0.717, 1.165) is 0 Å². The molecule has 82 valence electrons. The molecule has 0 saturated carbocycles. The van der Waals surface area contributed by atoms with Crippen LogP contribution < -0.4 is 10.5 Å². The van der Waals surface area contributed by atoms with Crippen LogP contribution in [0.1, 0.15) is 24.2 Å². The van der Waals surface area contributed by atoms with Crippen molar-refractivity contribution in [3.63, 3.8) is 0 Å². The van der Waals surface area contributed by atoms with E-state index in [1.807, 2.05) is 6.92 Å². The van der Waals surface area contributed by atoms with Crippen molar-refractivity contribution in [1.82, 2.24) is 9.97 Å². The number of ether oxygens (including phenoxy) is 1. The number of carboxylic acid groups (broad SMARTS) is 1. The summed E-state index contributed by atoms with van der Waals surface area (Å²) in [5.41, 5.74) is 6.35. The molecule has 0 spiro atoms. The Hall–Kier alpha value is -1.69. The number of hydrogen-bond donors (Lipinski definition) is 2. The van der Waals surface area contributed by atoms with Gasteiger partial charge in [0.25, 0.3) is 0 Å². The van der Waals surface area contributed by atoms with Crippen LogP contribution in [0.25, 0.3) is 0 Å². The van der Waals surface area contributed by atoms with E-state index < -0.39 is 12.0 Å². The molecule has 0 aromatic carbocycles. The van der Waals surface area contributed by atoms with E-state index in [9.17, 15) is 4.79 Å². The SMILES string of the molecule is CCOc1ncc(C(N)C(=O)O)c(C)n1. The summed E-state index contributed by atoms with van der Waals surface area (Å²) < 4.78 is 5.07. The molecule has 0 fully saturated rings. The Morgan fingerprint density at radius 1 is 1.73 bits per heavy atom. The number of hydrogen-bond acceptors (Lipinski definition) is 5. The summed E-state index contributed by atoms with van der Waals surface area (Å²) >= 11 is 0. The first-order chi connectivity index (χ1) is 7.06. The summed E-state index contributed by atoms with van der Waals surface area (Å²) in [6.07, 6.45) is 1.38. The van der Waals surface area contributed by atoms with Crippen LogP contribution in [0.5, 0.6) is 6.01 Å². The molecule has 3 N–H and O–H groups in total. The summed E-state index contributed by atoms with van der Waals surface area (Å²) in [7, 11) is 0. The van der Waals surface area contributed by atoms with Gasteiger partial charge in [0.1, 0.15) is 6.04 Å². The molecule has 1 aromatic heterocycles. The third-order valence-electron chi connectivity index (χ3n) is 1.87. The first-order valence-electron chi connectivity index (χ1n) is 4.51. The third-order valence-corrected chi connectivity index (χ3v) is 1.87. The van der Waals surface area contributed by atoms with Gasteiger partial charge in [-0.2, -0.15) is 0 Å². The molecule has 0 saturated heterocycles. The minimum absolute atomic E-state index is 0.233. The lowest BCUT2D eigenvalue weighted by Gasteiger charge is -2.09. The second-order valence-electron chi connectivity index (χ2n) is 2.94. The lowest BCUT2D eigenvalue weighted by atomic mass is 10.1. The number of aliphatic carboxylic acids is 1. The maximum atomic E-state index is 10.7. The van der Waals surface area contributed by atoms with Crippen molar-refractivity contribution in [1.29, 1.82) is 0 Å². The fourth-order valence-electron chi connectivity index (χ4n) is 1.09. The maximum Gasteiger partial charge on any atom is 0.325 e. The lowest BCUT2D eigenvalue weighted by Crippen LogP contribution is -2.22. The van der Waals surface area contributed by atoms with Gasteiger partial charge in [-0.15, -0.1) is 0 Å². The van der Waals surface area contributed by atoms with E-state index in [1.54, 1.807) is 6.92 Å². The van der Waals surface area contributed by atoms with Gasteiger partial charge >= 0.3 is 12.0 Å². The van der Waals surface area contributed by atoms with E-state index in [0.29, 0.717) is 17.9 Å². The highest BCUT2D eigenvalue weighted by molar-refractivity contribution is 5.75. The minimum atomic E-state index is -1.11. The van der Waals surface area contributed by atoms with Crippen LogP contribution in [0.3, 0.4) is 0 Å². The summed E-state index contributed by atoms with van der Waals surface area (Å²) in [6.45, 7) is 3.95. The molecule has 0 aliphatic carbocycles. The number of carbonyl (C=O) groups is 1. The minimum Gasteiger partial charge on any atom is -0.480 e. The largest absolute Gasteiger partial charge is 0.480 e. The zero-order valence-corrected chi connectivity index (χ0v) is 8.60. The molecular weight excluding hydrogens is 198 g/mol. The van der Waals surface area contributed by atoms with Gasteiger partial charge in [0.15, 0.2) is 0 Å². The van der Waals surface area contributed by atoms with E-state index in [1.165, 1.54) is 6.20 Å². The summed E-state index contributed by atoms with van der Waals surface area (Å²) in [4.78, 5) is 18.5. The van der Waals surface area contributed by atoms with Crippen LogP contribution in [0.15, 0.2) is 6.20 Å². The molecule has 1 atom stereocenters. The highest BCUT2D eigenvalue weighted by Crippen LogP contribution is 2.15. The summed E-state index contributed by atoms with van der Waals surface area (Å²) in [6, 6.07) is -0.864. The Bertz CT molecular complexity index is 368. The number of rotatable bonds is 4. The highest BCUT2D eigenvalue weighted by Gasteiger charge is 2.18. The van der Waals surface area contributed by atoms with E-state index in [-0.39, 0.29) is 6.01 Å². The molecule has 15 heavy (non-hydrogen) atoms. The lowest BCUT2D eigenvalue weighted by molar-refractivity contribution is -0.138. The van der Waals surface area contributed by atoms with Gasteiger partial charge in [0.05, 0.1) is 6.61 Å². The number of carboxylic acids is 1. The highest BCUT2D eigenvalue weighted by atomic mass is 16.5. The van der Waals surface area contributed by atoms with Gasteiger partial charge in [0, 0.05) is 17.5 Å². The van der Waals surface area contributed by atoms with Crippen molar-refractivity contribution < 1.29 is 14.6 Å². The maximum absolute atomic E-state index is 10.7. The van der Waals surface area contributed by atoms with Crippen LogP contribution in [0.2, 0.25) is 0 Å². The Morgan fingerprint density at radius 2 is 2.40 bits per heavy atom. The molecule has 0 aliphatic rings. The van der Waals surface area contributed by atoms with Gasteiger partial charge in [0.2, 0.25) is 0 Å². The topological polar surface area (TPSA) is 98.3 Å². The average Bonchev–Trinajstić information content (AvgIpc) is 2.17. The fourth-order valence-corrected chi connectivity index (χ4v) is 1.09. The van der Waals surface area contributed by atoms with Gasteiger partial charge in [-0.3, -0.25) is 4.79 Å². The standard InChI is InChI=1S/C9H13N3O3/c1-3-15-9-11-4-6(5(2)12-9)7(10)8(13)14/h4,7H,3,10H2,1-2H3,(H,13,14). The second kappa shape index (κ2) is 4.70. The fraction of sp³-hybridized carbons (Fsp3) is 0.444. The molecule has 6 nitrogen and oxygen atoms in total. The van der Waals surface area contributed by atoms with Gasteiger partial charge in [-0.25, -0.2) is 9.97 Å². The molecular formula is C9H13N3O3. The molecule has 6 heteroatoms. The van der Waals surface area contributed by atoms with E-state index in [2.05, 4.69) is 9.97 Å². The molecule has 1 unspecified atom stereocenters. The van der Waals surface area contributed by atoms with Crippen LogP contribution in [0.4, 0.5) is 0 Å². The predicted octanol–water partition coefficient (Wildman–Crippen LogP) is 0.268. The van der Waals surface area contributed by atoms with Crippen LogP contribution in [0, 0.1) is 6.92 Å². The Morgan fingerprint density at radius 3 is 2.87 bits per heavy atom. The van der Waals surface area contributed by atoms with Crippen molar-refractivity contribution in [2.24, 2.45) is 5.73 Å². The molecule has 1 aromatic rings. The van der Waals surface area contributed by atoms with Crippen LogP contribution in [-0.4, -0.2) is 27.7 Å². The Labute approximate surface area is 87.1 Å². The van der Waals surface area contributed by atoms with Crippen LogP contribution in [-0.2, 0) is 4.79 Å². The number of aryl methyl sites for hydroxylation is 1. The van der Waals surface area contributed by atoms with E-state index in [4.69, 9.17) is 15.6 Å². The molecule has 0 aliphatic heterocycles. The Balaban J connectivity index is 2.97. The molecule has 1 rings (SSSR count). The predicted molar refractivity (Wildman–Crippen MR) is 52.5 cm³/mol. The van der Waals surface area contributed by atoms with E-state index >= 15 is 0 Å². The van der Waals surface area contributed by atoms with Gasteiger partial charge in [-0.05, 0) is 13.8 Å². The van der Waals surface area contributed by atoms with Gasteiger partial charge in [-0.1, -0.05) is 0 Å². The molecule has 0 radical (unpaired) electrons. The quantitative estimate of drug-likeness (QED) is 0.741. The average molecular weight is 211 g/mol. The van der Waals surface area contributed by atoms with Gasteiger partial charge < -0.3 is 15.6 Å². The second-order valence-corrected chi connectivity index (χ2v) is 2.94. The molecule has 1 heterocycles. The van der Waals surface area contributed by atoms with Crippen molar-refractivity contribution >= 4 is 5.97 Å². The van der Waals surface area contributed by atoms with Crippen molar-refractivity contribution in [3.05, 3.63) is 17.5 Å². The van der Waals surface area contributed by atoms with Crippen molar-refractivity contribution in [3.8, 4) is 6.01 Å². The van der Waals surface area contributed by atoms with Crippen molar-refractivity contribution in [2.75, 3.05) is 6.61 Å². The first kappa shape index (κ1) is 11.4. The first-order valence-corrected chi connectivity index (χ1v) is 4.51. The summed E-state index contributed by atoms with van der Waals surface area (Å²) in [5.74, 6) is -1.11. The number of nitrogens with two attached hydrogens (primary N) is 1. The summed E-state index contributed by atoms with van der Waals surface area (Å²) in [5, 5.41) is 8.72. The smallest absolute Gasteiger partial charge is 0.325 e. The van der Waals surface area contributed by atoms with Crippen LogP contribution >= 0.6 is 0 Å². The molecule has 0 amide bonds. The normalized spacial score (nSPS) is 12.2.